The normalized spacial score (nSPS) is 18.3. The Hall–Kier alpha value is -2.93. The molecular formula is C25H31FN2O4. The first-order valence-electron chi connectivity index (χ1n) is 11.0. The maximum atomic E-state index is 13.3. The van der Waals surface area contributed by atoms with E-state index in [0.29, 0.717) is 38.4 Å². The highest BCUT2D eigenvalue weighted by molar-refractivity contribution is 5.78. The third-order valence-electron chi connectivity index (χ3n) is 5.67. The van der Waals surface area contributed by atoms with Gasteiger partial charge < -0.3 is 19.3 Å². The van der Waals surface area contributed by atoms with E-state index in [1.807, 2.05) is 37.3 Å². The van der Waals surface area contributed by atoms with Gasteiger partial charge in [0.05, 0.1) is 0 Å². The predicted molar refractivity (Wildman–Crippen MR) is 120 cm³/mol. The lowest BCUT2D eigenvalue weighted by molar-refractivity contribution is -0.142. The van der Waals surface area contributed by atoms with Crippen molar-refractivity contribution in [3.63, 3.8) is 0 Å². The Morgan fingerprint density at radius 3 is 2.53 bits per heavy atom. The van der Waals surface area contributed by atoms with Crippen LogP contribution in [0.2, 0.25) is 0 Å². The average molecular weight is 443 g/mol. The lowest BCUT2D eigenvalue weighted by atomic mass is 9.90. The fourth-order valence-electron chi connectivity index (χ4n) is 3.88. The van der Waals surface area contributed by atoms with Crippen LogP contribution < -0.4 is 4.74 Å². The summed E-state index contributed by atoms with van der Waals surface area (Å²) in [5, 5.41) is 0. The Morgan fingerprint density at radius 2 is 1.84 bits per heavy atom. The quantitative estimate of drug-likeness (QED) is 0.596. The highest BCUT2D eigenvalue weighted by Crippen LogP contribution is 2.27. The summed E-state index contributed by atoms with van der Waals surface area (Å²) in [6.07, 6.45) is 0.606. The molecule has 0 radical (unpaired) electrons. The molecule has 172 valence electrons. The van der Waals surface area contributed by atoms with Gasteiger partial charge in [0.2, 0.25) is 11.8 Å². The summed E-state index contributed by atoms with van der Waals surface area (Å²) < 4.78 is 24.7. The van der Waals surface area contributed by atoms with E-state index in [4.69, 9.17) is 9.47 Å². The van der Waals surface area contributed by atoms with Crippen molar-refractivity contribution in [2.24, 2.45) is 5.92 Å². The minimum Gasteiger partial charge on any atom is -0.490 e. The molecule has 2 aromatic rings. The van der Waals surface area contributed by atoms with Crippen molar-refractivity contribution < 1.29 is 23.5 Å². The van der Waals surface area contributed by atoms with Crippen molar-refractivity contribution in [3.05, 3.63) is 66.0 Å². The van der Waals surface area contributed by atoms with E-state index in [9.17, 15) is 14.0 Å². The molecule has 1 aliphatic rings. The van der Waals surface area contributed by atoms with Gasteiger partial charge in [-0.1, -0.05) is 30.3 Å². The van der Waals surface area contributed by atoms with Crippen molar-refractivity contribution >= 4 is 11.8 Å². The summed E-state index contributed by atoms with van der Waals surface area (Å²) in [4.78, 5) is 28.9. The lowest BCUT2D eigenvalue weighted by Gasteiger charge is -2.38. The van der Waals surface area contributed by atoms with E-state index in [2.05, 4.69) is 0 Å². The molecule has 1 heterocycles. The number of rotatable bonds is 9. The van der Waals surface area contributed by atoms with E-state index in [0.717, 1.165) is 5.56 Å². The highest BCUT2D eigenvalue weighted by Gasteiger charge is 2.35. The fourth-order valence-corrected chi connectivity index (χ4v) is 3.88. The maximum absolute atomic E-state index is 13.3. The molecule has 7 heteroatoms. The molecule has 1 fully saturated rings. The number of benzene rings is 2. The SMILES string of the molecule is CCOCC(=O)N1CC[C@H](Oc2ccc(F)cc2)[C@@H](CC(=O)N(C)Cc2ccccc2)C1. The summed E-state index contributed by atoms with van der Waals surface area (Å²) >= 11 is 0. The third-order valence-corrected chi connectivity index (χ3v) is 5.67. The van der Waals surface area contributed by atoms with Crippen LogP contribution in [-0.4, -0.2) is 61.1 Å². The smallest absolute Gasteiger partial charge is 0.248 e. The number of halogens is 1. The molecule has 0 spiro atoms. The number of hydrogen-bond donors (Lipinski definition) is 0. The lowest BCUT2D eigenvalue weighted by Crippen LogP contribution is -2.50. The second-order valence-electron chi connectivity index (χ2n) is 8.08. The first-order valence-corrected chi connectivity index (χ1v) is 11.0. The van der Waals surface area contributed by atoms with Crippen LogP contribution in [0.4, 0.5) is 4.39 Å². The van der Waals surface area contributed by atoms with Crippen molar-refractivity contribution in [3.8, 4) is 5.75 Å². The van der Waals surface area contributed by atoms with Gasteiger partial charge in [-0.25, -0.2) is 4.39 Å². The van der Waals surface area contributed by atoms with Crippen LogP contribution in [0, 0.1) is 11.7 Å². The summed E-state index contributed by atoms with van der Waals surface area (Å²) in [6, 6.07) is 15.7. The van der Waals surface area contributed by atoms with Gasteiger partial charge in [-0.05, 0) is 36.8 Å². The first kappa shape index (κ1) is 23.7. The van der Waals surface area contributed by atoms with E-state index in [1.54, 1.807) is 29.0 Å². The number of piperidine rings is 1. The largest absolute Gasteiger partial charge is 0.490 e. The Kier molecular flexibility index (Phi) is 8.62. The maximum Gasteiger partial charge on any atom is 0.248 e. The van der Waals surface area contributed by atoms with E-state index in [-0.39, 0.29) is 42.7 Å². The van der Waals surface area contributed by atoms with Crippen LogP contribution in [0.3, 0.4) is 0 Å². The van der Waals surface area contributed by atoms with Crippen LogP contribution in [0.1, 0.15) is 25.3 Å². The van der Waals surface area contributed by atoms with Crippen molar-refractivity contribution in [2.75, 3.05) is 33.4 Å². The highest BCUT2D eigenvalue weighted by atomic mass is 19.1. The minimum atomic E-state index is -0.331. The second-order valence-corrected chi connectivity index (χ2v) is 8.08. The molecule has 2 atom stereocenters. The van der Waals surface area contributed by atoms with Gasteiger partial charge in [0.25, 0.3) is 0 Å². The zero-order valence-corrected chi connectivity index (χ0v) is 18.7. The molecule has 2 aromatic carbocycles. The van der Waals surface area contributed by atoms with Gasteiger partial charge in [-0.15, -0.1) is 0 Å². The Morgan fingerprint density at radius 1 is 1.12 bits per heavy atom. The van der Waals surface area contributed by atoms with E-state index < -0.39 is 0 Å². The number of nitrogens with zero attached hydrogens (tertiary/aromatic N) is 2. The number of amides is 2. The molecule has 32 heavy (non-hydrogen) atoms. The molecule has 1 aliphatic heterocycles. The van der Waals surface area contributed by atoms with E-state index in [1.165, 1.54) is 12.1 Å². The molecule has 2 amide bonds. The Balaban J connectivity index is 1.67. The van der Waals surface area contributed by atoms with Gasteiger partial charge in [0, 0.05) is 52.0 Å². The van der Waals surface area contributed by atoms with E-state index >= 15 is 0 Å². The molecule has 0 saturated carbocycles. The molecule has 3 rings (SSSR count). The van der Waals surface area contributed by atoms with Crippen LogP contribution in [0.5, 0.6) is 5.75 Å². The first-order chi connectivity index (χ1) is 15.5. The standard InChI is InChI=1S/C25H31FN2O4/c1-3-31-18-25(30)28-14-13-23(32-22-11-9-21(26)10-12-22)20(17-28)15-24(29)27(2)16-19-7-5-4-6-8-19/h4-12,20,23H,3,13-18H2,1-2H3/t20-,23-/m0/s1. The topological polar surface area (TPSA) is 59.1 Å². The van der Waals surface area contributed by atoms with Gasteiger partial charge >= 0.3 is 0 Å². The Bertz CT molecular complexity index is 875. The van der Waals surface area contributed by atoms with Crippen molar-refractivity contribution in [2.45, 2.75) is 32.4 Å². The molecule has 6 nitrogen and oxygen atoms in total. The molecule has 0 aromatic heterocycles. The van der Waals surface area contributed by atoms with Gasteiger partial charge in [0.15, 0.2) is 0 Å². The van der Waals surface area contributed by atoms with Gasteiger partial charge in [-0.3, -0.25) is 9.59 Å². The number of ether oxygens (including phenoxy) is 2. The number of hydrogen-bond acceptors (Lipinski definition) is 4. The summed E-state index contributed by atoms with van der Waals surface area (Å²) in [5.74, 6) is -0.0403. The van der Waals surface area contributed by atoms with Gasteiger partial charge in [-0.2, -0.15) is 0 Å². The molecule has 1 saturated heterocycles. The second kappa shape index (κ2) is 11.6. The average Bonchev–Trinajstić information content (AvgIpc) is 2.80. The molecule has 0 unspecified atom stereocenters. The molecule has 0 N–H and O–H groups in total. The summed E-state index contributed by atoms with van der Waals surface area (Å²) in [6.45, 7) is 3.82. The van der Waals surface area contributed by atoms with Crippen LogP contribution in [-0.2, 0) is 20.9 Å². The third kappa shape index (κ3) is 6.79. The van der Waals surface area contributed by atoms with Crippen LogP contribution in [0.15, 0.2) is 54.6 Å². The van der Waals surface area contributed by atoms with Crippen molar-refractivity contribution in [1.29, 1.82) is 0 Å². The minimum absolute atomic E-state index is 0.00864. The molecular weight excluding hydrogens is 411 g/mol. The molecule has 0 bridgehead atoms. The predicted octanol–water partition coefficient (Wildman–Crippen LogP) is 3.51. The summed E-state index contributed by atoms with van der Waals surface area (Å²) in [5.41, 5.74) is 1.06. The zero-order valence-electron chi connectivity index (χ0n) is 18.7. The zero-order chi connectivity index (χ0) is 22.9. The van der Waals surface area contributed by atoms with Crippen LogP contribution in [0.25, 0.3) is 0 Å². The number of carbonyl (C=O) groups excluding carboxylic acids is 2. The monoisotopic (exact) mass is 442 g/mol. The number of carbonyl (C=O) groups is 2. The van der Waals surface area contributed by atoms with Crippen LogP contribution >= 0.6 is 0 Å². The summed E-state index contributed by atoms with van der Waals surface area (Å²) in [7, 11) is 1.78. The fraction of sp³-hybridized carbons (Fsp3) is 0.440. The Labute approximate surface area is 188 Å². The van der Waals surface area contributed by atoms with Crippen molar-refractivity contribution in [1.82, 2.24) is 9.80 Å². The number of likely N-dealkylation sites (tertiary alicyclic amines) is 1. The van der Waals surface area contributed by atoms with Gasteiger partial charge in [0.1, 0.15) is 24.3 Å². The molecule has 0 aliphatic carbocycles.